The lowest BCUT2D eigenvalue weighted by atomic mass is 10.5. The lowest BCUT2D eigenvalue weighted by molar-refractivity contribution is 0.333. The third-order valence-corrected chi connectivity index (χ3v) is 6.90. The summed E-state index contributed by atoms with van der Waals surface area (Å²) in [4.78, 5) is 0. The quantitative estimate of drug-likeness (QED) is 0.405. The van der Waals surface area contributed by atoms with Gasteiger partial charge in [-0.05, 0) is 12.5 Å². The second kappa shape index (κ2) is 2.28. The van der Waals surface area contributed by atoms with Gasteiger partial charge in [-0.15, -0.1) is 0 Å². The molecule has 0 aromatic carbocycles. The molecule has 0 amide bonds. The fourth-order valence-corrected chi connectivity index (χ4v) is 5.27. The monoisotopic (exact) mass is 148 g/mol. The molecule has 1 heterocycles. The van der Waals surface area contributed by atoms with Gasteiger partial charge in [-0.25, -0.2) is 0 Å². The van der Waals surface area contributed by atoms with E-state index in [2.05, 4.69) is 0 Å². The molecule has 1 rings (SSSR count). The summed E-state index contributed by atoms with van der Waals surface area (Å²) in [5.74, 6) is 0. The highest BCUT2D eigenvalue weighted by atomic mass is 29.2. The number of hydrogen-bond acceptors (Lipinski definition) is 3. The van der Waals surface area contributed by atoms with Crippen LogP contribution in [-0.2, 0) is 4.43 Å². The SMILES string of the molecule is N[Si]1(N)CCCO[SiH2]1. The van der Waals surface area contributed by atoms with Gasteiger partial charge in [0.1, 0.15) is 0 Å². The van der Waals surface area contributed by atoms with Gasteiger partial charge < -0.3 is 15.2 Å². The molecule has 0 aliphatic carbocycles. The summed E-state index contributed by atoms with van der Waals surface area (Å²) in [5, 5.41) is 11.5. The van der Waals surface area contributed by atoms with Gasteiger partial charge in [-0.1, -0.05) is 0 Å². The molecule has 1 aliphatic rings. The van der Waals surface area contributed by atoms with Crippen molar-refractivity contribution < 1.29 is 4.43 Å². The van der Waals surface area contributed by atoms with Gasteiger partial charge in [0.25, 0.3) is 0 Å². The second-order valence-electron chi connectivity index (χ2n) is 2.39. The summed E-state index contributed by atoms with van der Waals surface area (Å²) >= 11 is 0. The van der Waals surface area contributed by atoms with Crippen LogP contribution < -0.4 is 10.8 Å². The fourth-order valence-electron chi connectivity index (χ4n) is 0.838. The van der Waals surface area contributed by atoms with Gasteiger partial charge in [-0.2, -0.15) is 0 Å². The summed E-state index contributed by atoms with van der Waals surface area (Å²) in [6.45, 7) is 0.912. The number of rotatable bonds is 0. The Balaban J connectivity index is 2.33. The van der Waals surface area contributed by atoms with Crippen molar-refractivity contribution in [3.05, 3.63) is 0 Å². The predicted octanol–water partition coefficient (Wildman–Crippen LogP) is -1.65. The highest BCUT2D eigenvalue weighted by Gasteiger charge is 2.27. The van der Waals surface area contributed by atoms with Crippen LogP contribution in [0.5, 0.6) is 0 Å². The Morgan fingerprint density at radius 3 is 2.50 bits per heavy atom. The van der Waals surface area contributed by atoms with Crippen LogP contribution >= 0.6 is 0 Å². The first-order valence-corrected chi connectivity index (χ1v) is 8.13. The van der Waals surface area contributed by atoms with E-state index in [-0.39, 0.29) is 0 Å². The topological polar surface area (TPSA) is 61.3 Å². The summed E-state index contributed by atoms with van der Waals surface area (Å²) in [6.07, 6.45) is 1.09. The maximum Gasteiger partial charge on any atom is 0.206 e. The van der Waals surface area contributed by atoms with E-state index in [9.17, 15) is 0 Å². The molecule has 0 aromatic rings. The minimum Gasteiger partial charge on any atom is -0.424 e. The first kappa shape index (κ1) is 6.43. The first-order chi connectivity index (χ1) is 3.71. The van der Waals surface area contributed by atoms with Crippen molar-refractivity contribution in [2.45, 2.75) is 12.5 Å². The van der Waals surface area contributed by atoms with Crippen molar-refractivity contribution in [2.75, 3.05) is 6.61 Å². The molecular formula is C3H12N2OSi2. The Kier molecular flexibility index (Phi) is 1.83. The molecule has 3 nitrogen and oxygen atoms in total. The lowest BCUT2D eigenvalue weighted by Crippen LogP contribution is -2.63. The molecule has 1 fully saturated rings. The van der Waals surface area contributed by atoms with E-state index < -0.39 is 17.2 Å². The minimum absolute atomic E-state index is 0.469. The van der Waals surface area contributed by atoms with Crippen molar-refractivity contribution >= 4 is 17.2 Å². The molecule has 0 aromatic heterocycles. The largest absolute Gasteiger partial charge is 0.424 e. The standard InChI is InChI=1S/C3H12N2OSi2/c4-8(5)3-1-2-6-7-8/h1-5,7H2. The van der Waals surface area contributed by atoms with Crippen molar-refractivity contribution in [3.63, 3.8) is 0 Å². The average molecular weight is 148 g/mol. The van der Waals surface area contributed by atoms with E-state index in [0.29, 0.717) is 0 Å². The zero-order valence-corrected chi connectivity index (χ0v) is 7.31. The van der Waals surface area contributed by atoms with Gasteiger partial charge in [-0.3, -0.25) is 0 Å². The molecule has 1 aliphatic heterocycles. The smallest absolute Gasteiger partial charge is 0.206 e. The van der Waals surface area contributed by atoms with Gasteiger partial charge in [0, 0.05) is 6.61 Å². The van der Waals surface area contributed by atoms with E-state index in [1.807, 2.05) is 0 Å². The fraction of sp³-hybridized carbons (Fsp3) is 1.00. The third-order valence-electron chi connectivity index (χ3n) is 1.30. The van der Waals surface area contributed by atoms with Gasteiger partial charge in [0.15, 0.2) is 9.28 Å². The Bertz CT molecular complexity index is 79.4. The van der Waals surface area contributed by atoms with Gasteiger partial charge in [0.2, 0.25) is 7.91 Å². The molecule has 4 N–H and O–H groups in total. The third kappa shape index (κ3) is 1.68. The molecular weight excluding hydrogens is 136 g/mol. The van der Waals surface area contributed by atoms with Crippen LogP contribution in [-0.4, -0.2) is 23.8 Å². The van der Waals surface area contributed by atoms with E-state index in [1.54, 1.807) is 0 Å². The maximum absolute atomic E-state index is 5.73. The molecule has 0 radical (unpaired) electrons. The van der Waals surface area contributed by atoms with Crippen molar-refractivity contribution in [2.24, 2.45) is 10.8 Å². The zero-order chi connectivity index (χ0) is 6.04. The molecule has 0 atom stereocenters. The molecule has 0 spiro atoms. The number of nitrogens with two attached hydrogens (primary N) is 2. The van der Waals surface area contributed by atoms with Crippen LogP contribution in [0, 0.1) is 0 Å². The van der Waals surface area contributed by atoms with Crippen LogP contribution in [0.1, 0.15) is 6.42 Å². The van der Waals surface area contributed by atoms with Crippen LogP contribution in [0.25, 0.3) is 0 Å². The van der Waals surface area contributed by atoms with Crippen molar-refractivity contribution in [1.82, 2.24) is 0 Å². The summed E-state index contributed by atoms with van der Waals surface area (Å²) in [7, 11) is -2.14. The maximum atomic E-state index is 5.73. The molecule has 0 bridgehead atoms. The summed E-state index contributed by atoms with van der Waals surface area (Å²) in [6, 6.07) is 1.08. The predicted molar refractivity (Wildman–Crippen MR) is 38.0 cm³/mol. The van der Waals surface area contributed by atoms with Crippen LogP contribution in [0.15, 0.2) is 0 Å². The Morgan fingerprint density at radius 1 is 1.50 bits per heavy atom. The number of hydrogen-bond donors (Lipinski definition) is 2. The molecule has 48 valence electrons. The van der Waals surface area contributed by atoms with Crippen molar-refractivity contribution in [1.29, 1.82) is 0 Å². The zero-order valence-electron chi connectivity index (χ0n) is 4.89. The molecule has 0 saturated carbocycles. The molecule has 8 heavy (non-hydrogen) atoms. The normalized spacial score (nSPS) is 30.8. The van der Waals surface area contributed by atoms with E-state index in [0.717, 1.165) is 19.1 Å². The Morgan fingerprint density at radius 2 is 2.25 bits per heavy atom. The Labute approximate surface area is 52.3 Å². The molecule has 1 saturated heterocycles. The minimum atomic E-state index is -1.67. The van der Waals surface area contributed by atoms with E-state index >= 15 is 0 Å². The van der Waals surface area contributed by atoms with Crippen LogP contribution in [0.2, 0.25) is 6.04 Å². The second-order valence-corrected chi connectivity index (χ2v) is 10.9. The van der Waals surface area contributed by atoms with Crippen LogP contribution in [0.4, 0.5) is 0 Å². The molecule has 0 unspecified atom stereocenters. The Hall–Kier alpha value is 0.314. The van der Waals surface area contributed by atoms with Crippen LogP contribution in [0.3, 0.4) is 0 Å². The molecule has 5 heteroatoms. The van der Waals surface area contributed by atoms with E-state index in [4.69, 9.17) is 15.2 Å². The lowest BCUT2D eigenvalue weighted by Gasteiger charge is -2.24. The first-order valence-electron chi connectivity index (χ1n) is 2.86. The summed E-state index contributed by atoms with van der Waals surface area (Å²) in [5.41, 5.74) is 0. The average Bonchev–Trinajstić information content (AvgIpc) is 1.65. The summed E-state index contributed by atoms with van der Waals surface area (Å²) < 4.78 is 5.24. The highest BCUT2D eigenvalue weighted by molar-refractivity contribution is 7.19. The van der Waals surface area contributed by atoms with Gasteiger partial charge in [0.05, 0.1) is 0 Å². The van der Waals surface area contributed by atoms with Gasteiger partial charge >= 0.3 is 0 Å². The highest BCUT2D eigenvalue weighted by Crippen LogP contribution is 2.04. The van der Waals surface area contributed by atoms with Crippen molar-refractivity contribution in [3.8, 4) is 0 Å². The van der Waals surface area contributed by atoms with E-state index in [1.165, 1.54) is 0 Å².